The Morgan fingerprint density at radius 3 is 2.14 bits per heavy atom. The molecule has 4 N–H and O–H groups in total. The molecule has 11 nitrogen and oxygen atoms in total. The van der Waals surface area contributed by atoms with Crippen molar-refractivity contribution in [1.82, 2.24) is 25.6 Å². The largest absolute Gasteiger partial charge is 0.346 e. The third-order valence-electron chi connectivity index (χ3n) is 10.2. The minimum Gasteiger partial charge on any atom is -0.346 e. The van der Waals surface area contributed by atoms with Crippen molar-refractivity contribution in [3.8, 4) is 0 Å². The van der Waals surface area contributed by atoms with Gasteiger partial charge < -0.3 is 25.6 Å². The lowest BCUT2D eigenvalue weighted by molar-refractivity contribution is -0.138. The summed E-state index contributed by atoms with van der Waals surface area (Å²) in [5.41, 5.74) is 2.41. The molecule has 0 spiro atoms. The van der Waals surface area contributed by atoms with Gasteiger partial charge in [0.15, 0.2) is 5.78 Å². The summed E-state index contributed by atoms with van der Waals surface area (Å²) in [5, 5.41) is 8.43. The predicted octanol–water partition coefficient (Wildman–Crippen LogP) is 3.65. The van der Waals surface area contributed by atoms with Crippen molar-refractivity contribution in [2.24, 2.45) is 17.8 Å². The number of rotatable bonds is 15. The van der Waals surface area contributed by atoms with Gasteiger partial charge in [0.2, 0.25) is 11.7 Å². The molecule has 1 saturated heterocycles. The molecule has 1 aliphatic heterocycles. The Morgan fingerprint density at radius 1 is 0.918 bits per heavy atom. The molecular formula is C37H53N5O6S. The summed E-state index contributed by atoms with van der Waals surface area (Å²) in [4.78, 5) is 76.0. The molecule has 1 heterocycles. The van der Waals surface area contributed by atoms with Crippen LogP contribution in [0, 0.1) is 17.8 Å². The van der Waals surface area contributed by atoms with Gasteiger partial charge in [-0.2, -0.15) is 0 Å². The Labute approximate surface area is 295 Å². The van der Waals surface area contributed by atoms with Crippen LogP contribution in [0.2, 0.25) is 0 Å². The molecule has 2 saturated carbocycles. The maximum absolute atomic E-state index is 13.7. The minimum absolute atomic E-state index is 0.0712. The lowest BCUT2D eigenvalue weighted by atomic mass is 9.81. The number of Topliss-reactive ketones (excluding diaryl/α,β-unsaturated/α-hetero) is 2. The van der Waals surface area contributed by atoms with Crippen molar-refractivity contribution in [3.63, 3.8) is 0 Å². The van der Waals surface area contributed by atoms with Gasteiger partial charge in [-0.05, 0) is 80.8 Å². The van der Waals surface area contributed by atoms with Gasteiger partial charge in [0.05, 0.1) is 18.1 Å². The molecule has 3 unspecified atom stereocenters. The van der Waals surface area contributed by atoms with Crippen LogP contribution in [-0.2, 0) is 36.8 Å². The number of nitrogens with zero attached hydrogens (tertiary/aromatic N) is 1. The maximum Gasteiger partial charge on any atom is 0.316 e. The summed E-state index contributed by atoms with van der Waals surface area (Å²) in [6.07, 6.45) is 13.8. The van der Waals surface area contributed by atoms with Gasteiger partial charge in [0.25, 0.3) is 5.91 Å². The first-order chi connectivity index (χ1) is 23.7. The van der Waals surface area contributed by atoms with Gasteiger partial charge in [-0.1, -0.05) is 75.8 Å². The topological polar surface area (TPSA) is 154 Å². The zero-order valence-electron chi connectivity index (χ0n) is 28.7. The van der Waals surface area contributed by atoms with Crippen LogP contribution in [0.15, 0.2) is 36.9 Å². The van der Waals surface area contributed by atoms with Gasteiger partial charge in [-0.3, -0.25) is 23.9 Å². The van der Waals surface area contributed by atoms with E-state index < -0.39 is 41.9 Å². The highest BCUT2D eigenvalue weighted by atomic mass is 32.1. The summed E-state index contributed by atoms with van der Waals surface area (Å²) in [6.45, 7) is 6.21. The van der Waals surface area contributed by atoms with Crippen molar-refractivity contribution in [2.75, 3.05) is 13.1 Å². The average Bonchev–Trinajstić information content (AvgIpc) is 3.71. The van der Waals surface area contributed by atoms with Gasteiger partial charge in [0, 0.05) is 19.0 Å². The lowest BCUT2D eigenvalue weighted by Gasteiger charge is -2.33. The summed E-state index contributed by atoms with van der Waals surface area (Å²) in [6, 6.07) is 5.57. The number of thiol groups is 1. The Hall–Kier alpha value is -3.51. The Kier molecular flexibility index (Phi) is 14.9. The number of hydrogen-bond donors (Lipinski definition) is 5. The molecule has 1 aromatic carbocycles. The van der Waals surface area contributed by atoms with Gasteiger partial charge in [0.1, 0.15) is 12.3 Å². The molecule has 49 heavy (non-hydrogen) atoms. The number of carbonyl (C=O) groups is 6. The van der Waals surface area contributed by atoms with Crippen LogP contribution >= 0.6 is 12.8 Å². The van der Waals surface area contributed by atoms with Crippen LogP contribution in [0.4, 0.5) is 4.79 Å². The minimum atomic E-state index is -0.731. The zero-order chi connectivity index (χ0) is 35.3. The number of hydrogen-bond acceptors (Lipinski definition) is 8. The fraction of sp³-hybridized carbons (Fsp3) is 0.622. The maximum atomic E-state index is 13.7. The van der Waals surface area contributed by atoms with E-state index in [4.69, 9.17) is 0 Å². The normalized spacial score (nSPS) is 20.9. The fourth-order valence-electron chi connectivity index (χ4n) is 7.38. The summed E-state index contributed by atoms with van der Waals surface area (Å²) in [7, 11) is 0. The molecule has 4 aliphatic rings. The molecule has 4 amide bonds. The monoisotopic (exact) mass is 695 g/mol. The molecule has 268 valence electrons. The molecule has 5 rings (SSSR count). The number of amides is 4. The van der Waals surface area contributed by atoms with E-state index in [1.54, 1.807) is 4.90 Å². The molecule has 0 aromatic heterocycles. The van der Waals surface area contributed by atoms with Crippen molar-refractivity contribution in [2.45, 2.75) is 115 Å². The first-order valence-electron chi connectivity index (χ1n) is 18.0. The Balaban J connectivity index is 0.000000328. The van der Waals surface area contributed by atoms with Crippen LogP contribution in [-0.4, -0.2) is 77.9 Å². The quantitative estimate of drug-likeness (QED) is 0.0813. The Bertz CT molecular complexity index is 1320. The first kappa shape index (κ1) is 38.3. The van der Waals surface area contributed by atoms with E-state index in [2.05, 4.69) is 52.2 Å². The standard InChI is InChI=1S/C28H37N3O4.C9H16N2O2S/c32-17-23-11-6-14-31(23)27(34)25(22-15-20-9-4-5-10-21(20)16-22)30-28(35)29-24(26(33)19-12-13-19)18-7-2-1-3-8-18;1-3-5-7(11-14)8(12)9(13)10-6-4-2/h4-5,9-10,17-19,22-25H,1-3,6-8,11-16H2,(H2,29,30,35);4,7,11,14H,2-3,5-6H2,1H3,(H,10,13)/t23-,24?,25?;/m0./s1. The van der Waals surface area contributed by atoms with E-state index >= 15 is 0 Å². The van der Waals surface area contributed by atoms with E-state index in [0.717, 1.165) is 57.7 Å². The second-order valence-electron chi connectivity index (χ2n) is 13.8. The molecular weight excluding hydrogens is 643 g/mol. The molecule has 3 aliphatic carbocycles. The highest BCUT2D eigenvalue weighted by Crippen LogP contribution is 2.36. The summed E-state index contributed by atoms with van der Waals surface area (Å²) in [5.74, 6) is -0.939. The molecule has 0 radical (unpaired) electrons. The van der Waals surface area contributed by atoms with E-state index in [1.807, 2.05) is 19.1 Å². The van der Waals surface area contributed by atoms with Crippen molar-refractivity contribution >= 4 is 48.5 Å². The van der Waals surface area contributed by atoms with E-state index in [0.29, 0.717) is 38.8 Å². The van der Waals surface area contributed by atoms with Gasteiger partial charge in [-0.15, -0.1) is 6.58 Å². The van der Waals surface area contributed by atoms with Gasteiger partial charge >= 0.3 is 6.03 Å². The van der Waals surface area contributed by atoms with E-state index in [-0.39, 0.29) is 29.4 Å². The van der Waals surface area contributed by atoms with Crippen molar-refractivity contribution < 1.29 is 28.8 Å². The first-order valence-corrected chi connectivity index (χ1v) is 18.4. The molecule has 3 fully saturated rings. The van der Waals surface area contributed by atoms with E-state index in [1.165, 1.54) is 23.6 Å². The SMILES string of the molecule is C=CCNC(=O)C(=O)C(CCC)NS.O=C[C@@H]1CCCN1C(=O)C(NC(=O)NC(C(=O)C1CC1)C1CCCCC1)C1Cc2ccccc2C1. The smallest absolute Gasteiger partial charge is 0.316 e. The van der Waals surface area contributed by atoms with Crippen LogP contribution in [0.5, 0.6) is 0 Å². The van der Waals surface area contributed by atoms with E-state index in [9.17, 15) is 28.8 Å². The number of aldehydes is 1. The molecule has 4 atom stereocenters. The summed E-state index contributed by atoms with van der Waals surface area (Å²) >= 11 is 3.80. The second-order valence-corrected chi connectivity index (χ2v) is 14.1. The van der Waals surface area contributed by atoms with Crippen molar-refractivity contribution in [1.29, 1.82) is 0 Å². The number of fused-ring (bicyclic) bond motifs is 1. The van der Waals surface area contributed by atoms with Gasteiger partial charge in [-0.25, -0.2) is 4.79 Å². The highest BCUT2D eigenvalue weighted by Gasteiger charge is 2.42. The number of urea groups is 1. The number of ketones is 2. The zero-order valence-corrected chi connectivity index (χ0v) is 29.6. The fourth-order valence-corrected chi connectivity index (χ4v) is 7.63. The number of likely N-dealkylation sites (tertiary alicyclic amines) is 1. The molecule has 12 heteroatoms. The Morgan fingerprint density at radius 2 is 1.57 bits per heavy atom. The predicted molar refractivity (Wildman–Crippen MR) is 191 cm³/mol. The molecule has 1 aromatic rings. The third-order valence-corrected chi connectivity index (χ3v) is 10.5. The van der Waals surface area contributed by atoms with Crippen LogP contribution in [0.1, 0.15) is 88.7 Å². The number of benzene rings is 1. The highest BCUT2D eigenvalue weighted by molar-refractivity contribution is 7.78. The number of carbonyl (C=O) groups excluding carboxylic acids is 6. The van der Waals surface area contributed by atoms with Crippen LogP contribution in [0.25, 0.3) is 0 Å². The number of nitrogens with one attached hydrogen (secondary N) is 4. The van der Waals surface area contributed by atoms with Crippen LogP contribution < -0.4 is 20.7 Å². The summed E-state index contributed by atoms with van der Waals surface area (Å²) < 4.78 is 2.52. The third kappa shape index (κ3) is 10.5. The lowest BCUT2D eigenvalue weighted by Crippen LogP contribution is -2.58. The molecule has 0 bridgehead atoms. The average molecular weight is 696 g/mol. The second kappa shape index (κ2) is 19.0. The van der Waals surface area contributed by atoms with Crippen LogP contribution in [0.3, 0.4) is 0 Å². The van der Waals surface area contributed by atoms with Crippen molar-refractivity contribution in [3.05, 3.63) is 48.0 Å².